The molecule has 3 nitrogen and oxygen atoms in total. The molecular weight excluding hydrogens is 140 g/mol. The van der Waals surface area contributed by atoms with E-state index in [2.05, 4.69) is 22.3 Å². The van der Waals surface area contributed by atoms with E-state index in [1.54, 1.807) is 13.8 Å². The van der Waals surface area contributed by atoms with Crippen LogP contribution in [0.4, 0.5) is 0 Å². The molecule has 0 unspecified atom stereocenters. The maximum atomic E-state index is 5.13. The summed E-state index contributed by atoms with van der Waals surface area (Å²) in [6.45, 7) is 7.08. The number of terminal acetylenes is 1. The smallest absolute Gasteiger partial charge is 0.228 e. The number of rotatable bonds is 2. The molecule has 0 saturated heterocycles. The van der Waals surface area contributed by atoms with E-state index < -0.39 is 0 Å². The van der Waals surface area contributed by atoms with E-state index in [0.717, 1.165) is 0 Å². The lowest BCUT2D eigenvalue weighted by atomic mass is 10.2. The first-order valence-electron chi connectivity index (χ1n) is 3.18. The highest BCUT2D eigenvalue weighted by molar-refractivity contribution is 5.81. The SMILES string of the molecule is C#C[C@@H](C)/C(=N/C(=C)C)ON. The Morgan fingerprint density at radius 1 is 1.82 bits per heavy atom. The first kappa shape index (κ1) is 9.73. The van der Waals surface area contributed by atoms with Gasteiger partial charge in [-0.1, -0.05) is 12.5 Å². The topological polar surface area (TPSA) is 47.6 Å². The molecule has 0 fully saturated rings. The van der Waals surface area contributed by atoms with Crippen LogP contribution in [-0.4, -0.2) is 5.90 Å². The molecule has 0 spiro atoms. The highest BCUT2D eigenvalue weighted by Crippen LogP contribution is 2.00. The van der Waals surface area contributed by atoms with Gasteiger partial charge in [0.05, 0.1) is 5.92 Å². The summed E-state index contributed by atoms with van der Waals surface area (Å²) in [7, 11) is 0. The van der Waals surface area contributed by atoms with Crippen molar-refractivity contribution in [1.29, 1.82) is 0 Å². The summed E-state index contributed by atoms with van der Waals surface area (Å²) >= 11 is 0. The fourth-order valence-electron chi connectivity index (χ4n) is 0.485. The lowest BCUT2D eigenvalue weighted by molar-refractivity contribution is 0.304. The van der Waals surface area contributed by atoms with Crippen LogP contribution < -0.4 is 5.90 Å². The summed E-state index contributed by atoms with van der Waals surface area (Å²) in [6, 6.07) is 0. The predicted octanol–water partition coefficient (Wildman–Crippen LogP) is 1.08. The average molecular weight is 152 g/mol. The summed E-state index contributed by atoms with van der Waals surface area (Å²) in [5.74, 6) is 7.48. The van der Waals surface area contributed by atoms with Crippen molar-refractivity contribution < 1.29 is 4.84 Å². The van der Waals surface area contributed by atoms with Gasteiger partial charge >= 0.3 is 0 Å². The van der Waals surface area contributed by atoms with Crippen LogP contribution in [0.25, 0.3) is 0 Å². The average Bonchev–Trinajstić information content (AvgIpc) is 1.98. The van der Waals surface area contributed by atoms with Crippen molar-refractivity contribution in [1.82, 2.24) is 0 Å². The summed E-state index contributed by atoms with van der Waals surface area (Å²) in [6.07, 6.45) is 5.13. The van der Waals surface area contributed by atoms with Gasteiger partial charge in [-0.2, -0.15) is 5.90 Å². The Kier molecular flexibility index (Phi) is 4.01. The van der Waals surface area contributed by atoms with Gasteiger partial charge in [-0.15, -0.1) is 6.42 Å². The number of allylic oxidation sites excluding steroid dienone is 1. The van der Waals surface area contributed by atoms with Crippen molar-refractivity contribution in [3.05, 3.63) is 12.3 Å². The van der Waals surface area contributed by atoms with Gasteiger partial charge in [-0.05, 0) is 13.8 Å². The molecule has 2 N–H and O–H groups in total. The molecule has 0 aliphatic rings. The number of nitrogens with two attached hydrogens (primary N) is 1. The molecule has 0 aliphatic heterocycles. The third-order valence-electron chi connectivity index (χ3n) is 1.04. The zero-order valence-corrected chi connectivity index (χ0v) is 6.79. The van der Waals surface area contributed by atoms with Crippen LogP contribution in [0.5, 0.6) is 0 Å². The van der Waals surface area contributed by atoms with Crippen molar-refractivity contribution in [2.24, 2.45) is 16.8 Å². The van der Waals surface area contributed by atoms with Crippen LogP contribution in [0.1, 0.15) is 13.8 Å². The monoisotopic (exact) mass is 152 g/mol. The van der Waals surface area contributed by atoms with Crippen LogP contribution in [-0.2, 0) is 4.84 Å². The normalized spacial score (nSPS) is 13.5. The van der Waals surface area contributed by atoms with Crippen molar-refractivity contribution in [2.45, 2.75) is 13.8 Å². The van der Waals surface area contributed by atoms with Gasteiger partial charge < -0.3 is 4.84 Å². The summed E-state index contributed by atoms with van der Waals surface area (Å²) in [5, 5.41) is 0. The van der Waals surface area contributed by atoms with E-state index in [1.807, 2.05) is 0 Å². The van der Waals surface area contributed by atoms with E-state index >= 15 is 0 Å². The van der Waals surface area contributed by atoms with E-state index in [9.17, 15) is 0 Å². The second-order valence-electron chi connectivity index (χ2n) is 2.19. The fraction of sp³-hybridized carbons (Fsp3) is 0.375. The Balaban J connectivity index is 4.42. The third-order valence-corrected chi connectivity index (χ3v) is 1.04. The van der Waals surface area contributed by atoms with Gasteiger partial charge in [-0.25, -0.2) is 4.99 Å². The standard InChI is InChI=1S/C8H12N2O/c1-5-7(4)8(11-9)10-6(2)3/h1,7H,2,9H2,3-4H3/b10-8-/t7-/m1/s1. The van der Waals surface area contributed by atoms with Gasteiger partial charge in [0.15, 0.2) is 0 Å². The van der Waals surface area contributed by atoms with Crippen LogP contribution >= 0.6 is 0 Å². The first-order valence-corrected chi connectivity index (χ1v) is 3.18. The van der Waals surface area contributed by atoms with Gasteiger partial charge in [0, 0.05) is 5.70 Å². The molecule has 0 heterocycles. The summed E-state index contributed by atoms with van der Waals surface area (Å²) in [5.41, 5.74) is 0.618. The van der Waals surface area contributed by atoms with Gasteiger partial charge in [-0.3, -0.25) is 0 Å². The van der Waals surface area contributed by atoms with E-state index in [4.69, 9.17) is 12.3 Å². The number of nitrogens with zero attached hydrogens (tertiary/aromatic N) is 1. The second-order valence-corrected chi connectivity index (χ2v) is 2.19. The quantitative estimate of drug-likeness (QED) is 0.278. The Hall–Kier alpha value is -1.27. The van der Waals surface area contributed by atoms with Gasteiger partial charge in [0.2, 0.25) is 5.90 Å². The molecule has 0 aromatic heterocycles. The molecule has 0 radical (unpaired) electrons. The van der Waals surface area contributed by atoms with Crippen LogP contribution in [0.2, 0.25) is 0 Å². The van der Waals surface area contributed by atoms with Crippen molar-refractivity contribution in [3.63, 3.8) is 0 Å². The van der Waals surface area contributed by atoms with Crippen molar-refractivity contribution in [2.75, 3.05) is 0 Å². The molecule has 0 aromatic rings. The van der Waals surface area contributed by atoms with Gasteiger partial charge in [0.25, 0.3) is 0 Å². The Morgan fingerprint density at radius 2 is 2.36 bits per heavy atom. The molecule has 0 saturated carbocycles. The molecular formula is C8H12N2O. The number of hydrogen-bond donors (Lipinski definition) is 1. The minimum Gasteiger partial charge on any atom is -0.394 e. The van der Waals surface area contributed by atoms with E-state index in [0.29, 0.717) is 11.6 Å². The Bertz CT molecular complexity index is 213. The molecule has 0 aliphatic carbocycles. The molecule has 60 valence electrons. The largest absolute Gasteiger partial charge is 0.394 e. The molecule has 0 bridgehead atoms. The second kappa shape index (κ2) is 4.53. The van der Waals surface area contributed by atoms with Crippen molar-refractivity contribution in [3.8, 4) is 12.3 Å². The van der Waals surface area contributed by atoms with Gasteiger partial charge in [0.1, 0.15) is 0 Å². The molecule has 0 aromatic carbocycles. The first-order chi connectivity index (χ1) is 5.11. The lowest BCUT2D eigenvalue weighted by Gasteiger charge is -2.05. The van der Waals surface area contributed by atoms with Crippen LogP contribution in [0.15, 0.2) is 17.3 Å². The van der Waals surface area contributed by atoms with E-state index in [-0.39, 0.29) is 5.92 Å². The Morgan fingerprint density at radius 3 is 2.64 bits per heavy atom. The van der Waals surface area contributed by atoms with Crippen molar-refractivity contribution >= 4 is 5.90 Å². The molecule has 3 heteroatoms. The molecule has 0 amide bonds. The fourth-order valence-corrected chi connectivity index (χ4v) is 0.485. The maximum Gasteiger partial charge on any atom is 0.228 e. The lowest BCUT2D eigenvalue weighted by Crippen LogP contribution is -2.17. The molecule has 1 atom stereocenters. The third kappa shape index (κ3) is 3.43. The number of aliphatic imine (C=N–C) groups is 1. The number of hydrogen-bond acceptors (Lipinski definition) is 3. The Labute approximate surface area is 66.9 Å². The van der Waals surface area contributed by atoms with Crippen LogP contribution in [0, 0.1) is 18.3 Å². The highest BCUT2D eigenvalue weighted by Gasteiger charge is 2.07. The molecule has 0 rings (SSSR count). The summed E-state index contributed by atoms with van der Waals surface area (Å²) < 4.78 is 0. The molecule has 11 heavy (non-hydrogen) atoms. The van der Waals surface area contributed by atoms with E-state index in [1.165, 1.54) is 0 Å². The minimum absolute atomic E-state index is 0.211. The van der Waals surface area contributed by atoms with Crippen LogP contribution in [0.3, 0.4) is 0 Å². The zero-order valence-electron chi connectivity index (χ0n) is 6.79. The highest BCUT2D eigenvalue weighted by atomic mass is 16.6. The zero-order chi connectivity index (χ0) is 8.85. The predicted molar refractivity (Wildman–Crippen MR) is 45.5 cm³/mol. The summed E-state index contributed by atoms with van der Waals surface area (Å²) in [4.78, 5) is 8.36. The minimum atomic E-state index is -0.211. The maximum absolute atomic E-state index is 5.13.